The second-order valence-corrected chi connectivity index (χ2v) is 3.63. The van der Waals surface area contributed by atoms with Crippen molar-refractivity contribution in [2.45, 2.75) is 40.5 Å². The molecule has 2 nitrogen and oxygen atoms in total. The molecule has 1 unspecified atom stereocenters. The van der Waals surface area contributed by atoms with E-state index < -0.39 is 11.4 Å². The maximum Gasteiger partial charge on any atom is 0.309 e. The van der Waals surface area contributed by atoms with Crippen LogP contribution in [0.1, 0.15) is 40.5 Å². The third-order valence-corrected chi connectivity index (χ3v) is 2.53. The van der Waals surface area contributed by atoms with Crippen LogP contribution in [0.4, 0.5) is 0 Å². The molecule has 0 spiro atoms. The molecule has 0 aromatic carbocycles. The summed E-state index contributed by atoms with van der Waals surface area (Å²) < 4.78 is 0. The molecule has 66 valence electrons. The minimum atomic E-state index is -0.672. The molecule has 0 aromatic rings. The van der Waals surface area contributed by atoms with Crippen molar-refractivity contribution in [2.75, 3.05) is 0 Å². The minimum Gasteiger partial charge on any atom is -0.481 e. The number of carbonyl (C=O) groups is 1. The predicted octanol–water partition coefficient (Wildman–Crippen LogP) is 2.53. The van der Waals surface area contributed by atoms with Gasteiger partial charge in [-0.2, -0.15) is 0 Å². The van der Waals surface area contributed by atoms with Gasteiger partial charge in [0.1, 0.15) is 0 Å². The molecule has 0 fully saturated rings. The fourth-order valence-electron chi connectivity index (χ4n) is 1.16. The smallest absolute Gasteiger partial charge is 0.309 e. The molecule has 0 aromatic heterocycles. The van der Waals surface area contributed by atoms with Gasteiger partial charge in [-0.3, -0.25) is 4.79 Å². The summed E-state index contributed by atoms with van der Waals surface area (Å²) in [7, 11) is 0. The average Bonchev–Trinajstić information content (AvgIpc) is 1.87. The first-order valence-corrected chi connectivity index (χ1v) is 4.18. The number of carboxylic acids is 1. The Morgan fingerprint density at radius 1 is 1.55 bits per heavy atom. The number of hydrogen-bond acceptors (Lipinski definition) is 1. The molecule has 2 heteroatoms. The van der Waals surface area contributed by atoms with Crippen LogP contribution in [-0.4, -0.2) is 11.1 Å². The fourth-order valence-corrected chi connectivity index (χ4v) is 1.16. The van der Waals surface area contributed by atoms with Gasteiger partial charge in [0.25, 0.3) is 0 Å². The van der Waals surface area contributed by atoms with Gasteiger partial charge in [0.15, 0.2) is 0 Å². The van der Waals surface area contributed by atoms with Crippen LogP contribution in [0.15, 0.2) is 0 Å². The van der Waals surface area contributed by atoms with Gasteiger partial charge in [0.05, 0.1) is 5.41 Å². The molecular weight excluding hydrogens is 140 g/mol. The third-order valence-electron chi connectivity index (χ3n) is 2.53. The van der Waals surface area contributed by atoms with E-state index >= 15 is 0 Å². The Hall–Kier alpha value is -0.530. The molecule has 11 heavy (non-hydrogen) atoms. The van der Waals surface area contributed by atoms with Gasteiger partial charge in [-0.25, -0.2) is 0 Å². The van der Waals surface area contributed by atoms with Crippen molar-refractivity contribution >= 4 is 5.97 Å². The molecule has 0 aliphatic rings. The van der Waals surface area contributed by atoms with E-state index in [4.69, 9.17) is 5.11 Å². The zero-order chi connectivity index (χ0) is 9.07. The Morgan fingerprint density at radius 2 is 2.00 bits per heavy atom. The molecule has 0 radical (unpaired) electrons. The van der Waals surface area contributed by atoms with Crippen LogP contribution in [0.3, 0.4) is 0 Å². The molecule has 0 saturated heterocycles. The fraction of sp³-hybridized carbons (Fsp3) is 0.889. The third kappa shape index (κ3) is 2.21. The Morgan fingerprint density at radius 3 is 2.09 bits per heavy atom. The molecule has 1 atom stereocenters. The second kappa shape index (κ2) is 3.74. The predicted molar refractivity (Wildman–Crippen MR) is 45.5 cm³/mol. The Labute approximate surface area is 68.6 Å². The van der Waals surface area contributed by atoms with Crippen molar-refractivity contribution in [1.82, 2.24) is 0 Å². The van der Waals surface area contributed by atoms with E-state index in [-0.39, 0.29) is 5.92 Å². The van der Waals surface area contributed by atoms with E-state index in [1.807, 2.05) is 27.7 Å². The number of hydrogen-bond donors (Lipinski definition) is 1. The summed E-state index contributed by atoms with van der Waals surface area (Å²) in [6.07, 6.45) is 1.70. The van der Waals surface area contributed by atoms with Crippen LogP contribution < -0.4 is 0 Å². The monoisotopic (exact) mass is 158 g/mol. The zero-order valence-electron chi connectivity index (χ0n) is 7.85. The van der Waals surface area contributed by atoms with Crippen LogP contribution in [0.25, 0.3) is 0 Å². The summed E-state index contributed by atoms with van der Waals surface area (Å²) in [5, 5.41) is 8.93. The SMILES string of the molecule is CCCC(C)(C(=O)O)C(C)C. The maximum absolute atomic E-state index is 10.9. The van der Waals surface area contributed by atoms with Gasteiger partial charge in [-0.05, 0) is 19.3 Å². The molecule has 0 bridgehead atoms. The molecule has 0 amide bonds. The van der Waals surface area contributed by atoms with Crippen LogP contribution in [-0.2, 0) is 4.79 Å². The lowest BCUT2D eigenvalue weighted by Crippen LogP contribution is -2.32. The van der Waals surface area contributed by atoms with Crippen LogP contribution in [0.2, 0.25) is 0 Å². The molecule has 0 aliphatic carbocycles. The quantitative estimate of drug-likeness (QED) is 0.682. The van der Waals surface area contributed by atoms with Crippen LogP contribution in [0.5, 0.6) is 0 Å². The summed E-state index contributed by atoms with van der Waals surface area (Å²) in [5.41, 5.74) is -0.533. The highest BCUT2D eigenvalue weighted by Crippen LogP contribution is 2.32. The normalized spacial score (nSPS) is 16.5. The van der Waals surface area contributed by atoms with Crippen molar-refractivity contribution in [3.05, 3.63) is 0 Å². The first-order chi connectivity index (χ1) is 4.95. The highest BCUT2D eigenvalue weighted by Gasteiger charge is 2.35. The van der Waals surface area contributed by atoms with Gasteiger partial charge < -0.3 is 5.11 Å². The van der Waals surface area contributed by atoms with Crippen molar-refractivity contribution in [1.29, 1.82) is 0 Å². The van der Waals surface area contributed by atoms with Crippen LogP contribution in [0, 0.1) is 11.3 Å². The maximum atomic E-state index is 10.9. The lowest BCUT2D eigenvalue weighted by molar-refractivity contribution is -0.151. The summed E-state index contributed by atoms with van der Waals surface area (Å²) in [5.74, 6) is -0.464. The summed E-state index contributed by atoms with van der Waals surface area (Å²) in [4.78, 5) is 10.9. The lowest BCUT2D eigenvalue weighted by atomic mass is 9.76. The van der Waals surface area contributed by atoms with E-state index in [1.165, 1.54) is 0 Å². The lowest BCUT2D eigenvalue weighted by Gasteiger charge is -2.28. The molecule has 0 heterocycles. The minimum absolute atomic E-state index is 0.208. The molecule has 0 saturated carbocycles. The van der Waals surface area contributed by atoms with E-state index in [0.29, 0.717) is 0 Å². The number of aliphatic carboxylic acids is 1. The highest BCUT2D eigenvalue weighted by molar-refractivity contribution is 5.74. The van der Waals surface area contributed by atoms with Crippen molar-refractivity contribution < 1.29 is 9.90 Å². The Balaban J connectivity index is 4.38. The van der Waals surface area contributed by atoms with Crippen molar-refractivity contribution in [3.63, 3.8) is 0 Å². The van der Waals surface area contributed by atoms with E-state index in [0.717, 1.165) is 12.8 Å². The summed E-state index contributed by atoms with van der Waals surface area (Å²) >= 11 is 0. The van der Waals surface area contributed by atoms with Gasteiger partial charge in [-0.1, -0.05) is 27.2 Å². The largest absolute Gasteiger partial charge is 0.481 e. The second-order valence-electron chi connectivity index (χ2n) is 3.63. The molecule has 0 aliphatic heterocycles. The summed E-state index contributed by atoms with van der Waals surface area (Å²) in [6, 6.07) is 0. The zero-order valence-corrected chi connectivity index (χ0v) is 7.85. The molecule has 0 rings (SSSR count). The number of carboxylic acid groups (broad SMARTS) is 1. The van der Waals surface area contributed by atoms with E-state index in [2.05, 4.69) is 0 Å². The van der Waals surface area contributed by atoms with E-state index in [9.17, 15) is 4.79 Å². The van der Waals surface area contributed by atoms with E-state index in [1.54, 1.807) is 0 Å². The standard InChI is InChI=1S/C9H18O2/c1-5-6-9(4,7(2)3)8(10)11/h7H,5-6H2,1-4H3,(H,10,11). The van der Waals surface area contributed by atoms with Crippen LogP contribution >= 0.6 is 0 Å². The first kappa shape index (κ1) is 10.5. The van der Waals surface area contributed by atoms with Crippen molar-refractivity contribution in [2.24, 2.45) is 11.3 Å². The Bertz CT molecular complexity index is 140. The van der Waals surface area contributed by atoms with Gasteiger partial charge in [0, 0.05) is 0 Å². The Kier molecular flexibility index (Phi) is 3.56. The number of rotatable bonds is 4. The molecular formula is C9H18O2. The average molecular weight is 158 g/mol. The van der Waals surface area contributed by atoms with Gasteiger partial charge in [-0.15, -0.1) is 0 Å². The summed E-state index contributed by atoms with van der Waals surface area (Å²) in [6.45, 7) is 7.76. The first-order valence-electron chi connectivity index (χ1n) is 4.18. The van der Waals surface area contributed by atoms with Gasteiger partial charge in [0.2, 0.25) is 0 Å². The van der Waals surface area contributed by atoms with Gasteiger partial charge >= 0.3 is 5.97 Å². The van der Waals surface area contributed by atoms with Crippen molar-refractivity contribution in [3.8, 4) is 0 Å². The molecule has 1 N–H and O–H groups in total. The topological polar surface area (TPSA) is 37.3 Å². The highest BCUT2D eigenvalue weighted by atomic mass is 16.4.